The molecular weight excluding hydrogens is 298 g/mol. The summed E-state index contributed by atoms with van der Waals surface area (Å²) in [6.45, 7) is 9.87. The van der Waals surface area contributed by atoms with Crippen molar-refractivity contribution in [2.24, 2.45) is 0 Å². The number of hydrogen-bond acceptors (Lipinski definition) is 5. The van der Waals surface area contributed by atoms with E-state index in [-0.39, 0.29) is 12.1 Å². The molecule has 0 unspecified atom stereocenters. The minimum absolute atomic E-state index is 0.223. The molecule has 1 aromatic rings. The van der Waals surface area contributed by atoms with E-state index in [1.165, 1.54) is 5.01 Å². The van der Waals surface area contributed by atoms with Gasteiger partial charge in [0.1, 0.15) is 10.6 Å². The van der Waals surface area contributed by atoms with Crippen molar-refractivity contribution < 1.29 is 9.53 Å². The molecule has 1 aliphatic heterocycles. The number of aromatic nitrogens is 1. The summed E-state index contributed by atoms with van der Waals surface area (Å²) in [5.41, 5.74) is -0.439. The third-order valence-corrected chi connectivity index (χ3v) is 5.03. The highest BCUT2D eigenvalue weighted by Gasteiger charge is 2.30. The monoisotopic (exact) mass is 325 g/mol. The van der Waals surface area contributed by atoms with Crippen LogP contribution in [-0.2, 0) is 4.74 Å². The van der Waals surface area contributed by atoms with Crippen LogP contribution in [0.4, 0.5) is 4.79 Å². The first-order valence-corrected chi connectivity index (χ1v) is 8.75. The smallest absolute Gasteiger partial charge is 0.410 e. The molecule has 22 heavy (non-hydrogen) atoms. The van der Waals surface area contributed by atoms with Crippen LogP contribution >= 0.6 is 11.3 Å². The van der Waals surface area contributed by atoms with Crippen molar-refractivity contribution in [3.8, 4) is 0 Å². The van der Waals surface area contributed by atoms with E-state index in [4.69, 9.17) is 4.74 Å². The highest BCUT2D eigenvalue weighted by Crippen LogP contribution is 2.27. The summed E-state index contributed by atoms with van der Waals surface area (Å²) < 4.78 is 5.45. The molecule has 1 amide bonds. The molecule has 0 saturated carbocycles. The first-order chi connectivity index (χ1) is 10.3. The molecule has 0 aliphatic carbocycles. The zero-order valence-corrected chi connectivity index (χ0v) is 15.0. The Balaban J connectivity index is 1.85. The fourth-order valence-corrected chi connectivity index (χ4v) is 3.47. The third kappa shape index (κ3) is 4.43. The summed E-state index contributed by atoms with van der Waals surface area (Å²) >= 11 is 1.71. The summed E-state index contributed by atoms with van der Waals surface area (Å²) in [7, 11) is 1.85. The lowest BCUT2D eigenvalue weighted by atomic mass is 10.0. The first kappa shape index (κ1) is 17.2. The normalized spacial score (nSPS) is 19.0. The number of likely N-dealkylation sites (tertiary alicyclic amines) is 1. The minimum Gasteiger partial charge on any atom is -0.444 e. The third-order valence-electron chi connectivity index (χ3n) is 4.08. The number of thiazole rings is 1. The predicted molar refractivity (Wildman–Crippen MR) is 89.1 cm³/mol. The van der Waals surface area contributed by atoms with Crippen LogP contribution in [0, 0.1) is 0 Å². The van der Waals surface area contributed by atoms with Crippen molar-refractivity contribution in [2.75, 3.05) is 20.1 Å². The SMILES string of the molecule is C[C@@H](c1nccs1)N1CCC(N(C)C(=O)OC(C)(C)C)CC1. The molecule has 1 fully saturated rings. The van der Waals surface area contributed by atoms with Crippen molar-refractivity contribution in [3.63, 3.8) is 0 Å². The second kappa shape index (κ2) is 6.96. The first-order valence-electron chi connectivity index (χ1n) is 7.87. The van der Waals surface area contributed by atoms with E-state index in [0.29, 0.717) is 6.04 Å². The number of piperidine rings is 1. The summed E-state index contributed by atoms with van der Waals surface area (Å²) in [5.74, 6) is 0. The molecular formula is C16H27N3O2S. The number of rotatable bonds is 3. The van der Waals surface area contributed by atoms with Crippen LogP contribution in [0.15, 0.2) is 11.6 Å². The number of carbonyl (C=O) groups excluding carboxylic acids is 1. The van der Waals surface area contributed by atoms with E-state index in [1.807, 2.05) is 39.4 Å². The van der Waals surface area contributed by atoms with E-state index in [2.05, 4.69) is 16.8 Å². The van der Waals surface area contributed by atoms with Gasteiger partial charge in [-0.25, -0.2) is 9.78 Å². The van der Waals surface area contributed by atoms with Gasteiger partial charge in [-0.15, -0.1) is 11.3 Å². The van der Waals surface area contributed by atoms with Gasteiger partial charge in [0.25, 0.3) is 0 Å². The Labute approximate surface area is 137 Å². The number of ether oxygens (including phenoxy) is 1. The number of carbonyl (C=O) groups is 1. The lowest BCUT2D eigenvalue weighted by molar-refractivity contribution is 0.0133. The quantitative estimate of drug-likeness (QED) is 0.853. The zero-order chi connectivity index (χ0) is 16.3. The maximum atomic E-state index is 12.1. The fraction of sp³-hybridized carbons (Fsp3) is 0.750. The predicted octanol–water partition coefficient (Wildman–Crippen LogP) is 3.54. The van der Waals surface area contributed by atoms with Crippen LogP contribution in [0.2, 0.25) is 0 Å². The molecule has 0 spiro atoms. The van der Waals surface area contributed by atoms with E-state index >= 15 is 0 Å². The van der Waals surface area contributed by atoms with Gasteiger partial charge in [0.15, 0.2) is 0 Å². The van der Waals surface area contributed by atoms with Gasteiger partial charge >= 0.3 is 6.09 Å². The van der Waals surface area contributed by atoms with Crippen LogP contribution in [-0.4, -0.2) is 52.7 Å². The Hall–Kier alpha value is -1.14. The van der Waals surface area contributed by atoms with Gasteiger partial charge < -0.3 is 9.64 Å². The van der Waals surface area contributed by atoms with Gasteiger partial charge in [0.2, 0.25) is 0 Å². The van der Waals surface area contributed by atoms with Gasteiger partial charge in [-0.05, 0) is 40.5 Å². The Kier molecular flexibility index (Phi) is 5.45. The van der Waals surface area contributed by atoms with Gasteiger partial charge in [0, 0.05) is 37.8 Å². The van der Waals surface area contributed by atoms with Crippen LogP contribution in [0.3, 0.4) is 0 Å². The van der Waals surface area contributed by atoms with Gasteiger partial charge in [0.05, 0.1) is 6.04 Å². The second-order valence-corrected chi connectivity index (χ2v) is 7.83. The molecule has 0 aromatic carbocycles. The molecule has 5 nitrogen and oxygen atoms in total. The Bertz CT molecular complexity index is 476. The second-order valence-electron chi connectivity index (χ2n) is 6.90. The summed E-state index contributed by atoms with van der Waals surface area (Å²) in [4.78, 5) is 20.8. The fourth-order valence-electron chi connectivity index (χ4n) is 2.74. The highest BCUT2D eigenvalue weighted by atomic mass is 32.1. The topological polar surface area (TPSA) is 45.7 Å². The molecule has 1 atom stereocenters. The number of hydrogen-bond donors (Lipinski definition) is 0. The highest BCUT2D eigenvalue weighted by molar-refractivity contribution is 7.09. The van der Waals surface area contributed by atoms with E-state index in [0.717, 1.165) is 25.9 Å². The summed E-state index contributed by atoms with van der Waals surface area (Å²) in [6, 6.07) is 0.613. The average Bonchev–Trinajstić information content (AvgIpc) is 2.98. The van der Waals surface area contributed by atoms with Crippen molar-refractivity contribution in [2.45, 2.75) is 58.2 Å². The Morgan fingerprint density at radius 2 is 2.09 bits per heavy atom. The van der Waals surface area contributed by atoms with Crippen molar-refractivity contribution in [1.82, 2.24) is 14.8 Å². The van der Waals surface area contributed by atoms with Crippen molar-refractivity contribution in [1.29, 1.82) is 0 Å². The zero-order valence-electron chi connectivity index (χ0n) is 14.2. The van der Waals surface area contributed by atoms with Crippen LogP contribution in [0.5, 0.6) is 0 Å². The maximum absolute atomic E-state index is 12.1. The lowest BCUT2D eigenvalue weighted by Gasteiger charge is -2.39. The van der Waals surface area contributed by atoms with Crippen molar-refractivity contribution >= 4 is 17.4 Å². The number of amides is 1. The Morgan fingerprint density at radius 1 is 1.45 bits per heavy atom. The summed E-state index contributed by atoms with van der Waals surface area (Å²) in [5, 5.41) is 3.19. The standard InChI is InChI=1S/C16H27N3O2S/c1-12(14-17-8-11-22-14)19-9-6-13(7-10-19)18(5)15(20)21-16(2,3)4/h8,11-13H,6-7,9-10H2,1-5H3/t12-/m0/s1. The van der Waals surface area contributed by atoms with Gasteiger partial charge in [-0.1, -0.05) is 0 Å². The molecule has 1 aromatic heterocycles. The molecule has 1 aliphatic rings. The van der Waals surface area contributed by atoms with Crippen LogP contribution in [0.25, 0.3) is 0 Å². The molecule has 1 saturated heterocycles. The largest absolute Gasteiger partial charge is 0.444 e. The molecule has 6 heteroatoms. The maximum Gasteiger partial charge on any atom is 0.410 e. The molecule has 2 heterocycles. The lowest BCUT2D eigenvalue weighted by Crippen LogP contribution is -2.47. The van der Waals surface area contributed by atoms with Gasteiger partial charge in [-0.3, -0.25) is 4.90 Å². The molecule has 0 radical (unpaired) electrons. The minimum atomic E-state index is -0.439. The van der Waals surface area contributed by atoms with E-state index < -0.39 is 5.60 Å². The molecule has 0 N–H and O–H groups in total. The van der Waals surface area contributed by atoms with E-state index in [9.17, 15) is 4.79 Å². The van der Waals surface area contributed by atoms with Crippen LogP contribution < -0.4 is 0 Å². The average molecular weight is 325 g/mol. The van der Waals surface area contributed by atoms with E-state index in [1.54, 1.807) is 16.2 Å². The Morgan fingerprint density at radius 3 is 2.59 bits per heavy atom. The van der Waals surface area contributed by atoms with Gasteiger partial charge in [-0.2, -0.15) is 0 Å². The molecule has 124 valence electrons. The van der Waals surface area contributed by atoms with Crippen LogP contribution in [0.1, 0.15) is 51.6 Å². The summed E-state index contributed by atoms with van der Waals surface area (Å²) in [6.07, 6.45) is 3.59. The number of nitrogens with zero attached hydrogens (tertiary/aromatic N) is 3. The van der Waals surface area contributed by atoms with Crippen molar-refractivity contribution in [3.05, 3.63) is 16.6 Å². The molecule has 2 rings (SSSR count). The molecule has 0 bridgehead atoms.